The molecular weight excluding hydrogens is 372 g/mol. The molecule has 27 heavy (non-hydrogen) atoms. The molecule has 9 heteroatoms. The van der Waals surface area contributed by atoms with E-state index in [1.165, 1.54) is 12.1 Å². The Balaban J connectivity index is 1.94. The minimum absolute atomic E-state index is 0.00472. The van der Waals surface area contributed by atoms with Crippen LogP contribution in [0.2, 0.25) is 5.02 Å². The van der Waals surface area contributed by atoms with E-state index < -0.39 is 10.8 Å². The molecule has 0 aromatic heterocycles. The highest BCUT2D eigenvalue weighted by atomic mass is 35.5. The molecule has 0 unspecified atom stereocenters. The molecular formula is C18H17ClN4O4. The SMILES string of the molecule is C/C(CC(=O)Nc1cccc(C)c1)=N/NC(=O)c1ccc([N+](=O)[O-])c(Cl)c1. The summed E-state index contributed by atoms with van der Waals surface area (Å²) in [6.45, 7) is 3.52. The summed E-state index contributed by atoms with van der Waals surface area (Å²) in [5, 5.41) is 17.2. The number of nitrogens with zero attached hydrogens (tertiary/aromatic N) is 2. The first kappa shape index (κ1) is 20.1. The maximum Gasteiger partial charge on any atom is 0.287 e. The van der Waals surface area contributed by atoms with Crippen LogP contribution in [-0.2, 0) is 4.79 Å². The summed E-state index contributed by atoms with van der Waals surface area (Å²) >= 11 is 5.78. The van der Waals surface area contributed by atoms with Crippen molar-refractivity contribution in [2.45, 2.75) is 20.3 Å². The van der Waals surface area contributed by atoms with Gasteiger partial charge in [0.05, 0.1) is 11.3 Å². The normalized spacial score (nSPS) is 11.0. The Labute approximate surface area is 160 Å². The molecule has 2 rings (SSSR count). The van der Waals surface area contributed by atoms with Crippen LogP contribution in [0.4, 0.5) is 11.4 Å². The van der Waals surface area contributed by atoms with Gasteiger partial charge in [-0.1, -0.05) is 23.7 Å². The molecule has 0 radical (unpaired) electrons. The van der Waals surface area contributed by atoms with Crippen molar-refractivity contribution in [3.05, 3.63) is 68.7 Å². The second-order valence-electron chi connectivity index (χ2n) is 5.81. The number of hydrogen-bond acceptors (Lipinski definition) is 5. The largest absolute Gasteiger partial charge is 0.326 e. The van der Waals surface area contributed by atoms with Crippen molar-refractivity contribution in [3.8, 4) is 0 Å². The first-order valence-electron chi connectivity index (χ1n) is 7.90. The zero-order valence-corrected chi connectivity index (χ0v) is 15.4. The molecule has 0 spiro atoms. The number of aryl methyl sites for hydroxylation is 1. The summed E-state index contributed by atoms with van der Waals surface area (Å²) in [7, 11) is 0. The fraction of sp³-hybridized carbons (Fsp3) is 0.167. The lowest BCUT2D eigenvalue weighted by atomic mass is 10.2. The standard InChI is InChI=1S/C18H17ClN4O4/c1-11-4-3-5-14(8-11)20-17(24)9-12(2)21-22-18(25)13-6-7-16(23(26)27)15(19)10-13/h3-8,10H,9H2,1-2H3,(H,20,24)(H,22,25)/b21-12-. The number of carbonyl (C=O) groups excluding carboxylic acids is 2. The smallest absolute Gasteiger partial charge is 0.287 e. The molecule has 2 N–H and O–H groups in total. The predicted molar refractivity (Wildman–Crippen MR) is 103 cm³/mol. The highest BCUT2D eigenvalue weighted by Crippen LogP contribution is 2.24. The Kier molecular flexibility index (Phi) is 6.62. The number of benzene rings is 2. The third-order valence-electron chi connectivity index (χ3n) is 3.47. The van der Waals surface area contributed by atoms with E-state index in [4.69, 9.17) is 11.6 Å². The second-order valence-corrected chi connectivity index (χ2v) is 6.21. The number of nitro benzene ring substituents is 1. The second kappa shape index (κ2) is 8.91. The third kappa shape index (κ3) is 5.89. The summed E-state index contributed by atoms with van der Waals surface area (Å²) in [5.74, 6) is -0.861. The van der Waals surface area contributed by atoms with Crippen molar-refractivity contribution in [1.82, 2.24) is 5.43 Å². The number of anilines is 1. The van der Waals surface area contributed by atoms with Crippen LogP contribution in [0.25, 0.3) is 0 Å². The number of halogens is 1. The molecule has 0 bridgehead atoms. The van der Waals surface area contributed by atoms with Crippen LogP contribution in [0, 0.1) is 17.0 Å². The maximum atomic E-state index is 12.0. The minimum atomic E-state index is -0.640. The van der Waals surface area contributed by atoms with Crippen LogP contribution >= 0.6 is 11.6 Å². The lowest BCUT2D eigenvalue weighted by molar-refractivity contribution is -0.384. The van der Waals surface area contributed by atoms with Crippen LogP contribution in [0.1, 0.15) is 29.3 Å². The molecule has 0 heterocycles. The van der Waals surface area contributed by atoms with Crippen LogP contribution in [0.15, 0.2) is 47.6 Å². The van der Waals surface area contributed by atoms with Gasteiger partial charge in [-0.15, -0.1) is 0 Å². The number of nitro groups is 1. The quantitative estimate of drug-likeness (QED) is 0.446. The van der Waals surface area contributed by atoms with E-state index >= 15 is 0 Å². The van der Waals surface area contributed by atoms with Crippen molar-refractivity contribution in [3.63, 3.8) is 0 Å². The topological polar surface area (TPSA) is 114 Å². The van der Waals surface area contributed by atoms with Gasteiger partial charge < -0.3 is 5.32 Å². The molecule has 8 nitrogen and oxygen atoms in total. The lowest BCUT2D eigenvalue weighted by Crippen LogP contribution is -2.21. The lowest BCUT2D eigenvalue weighted by Gasteiger charge is -2.06. The highest BCUT2D eigenvalue weighted by molar-refractivity contribution is 6.33. The molecule has 0 saturated heterocycles. The molecule has 0 atom stereocenters. The van der Waals surface area contributed by atoms with Crippen molar-refractivity contribution < 1.29 is 14.5 Å². The summed E-state index contributed by atoms with van der Waals surface area (Å²) in [4.78, 5) is 34.1. The molecule has 2 aromatic carbocycles. The van der Waals surface area contributed by atoms with Gasteiger partial charge in [-0.25, -0.2) is 5.43 Å². The van der Waals surface area contributed by atoms with Crippen molar-refractivity contribution in [2.75, 3.05) is 5.32 Å². The van der Waals surface area contributed by atoms with Gasteiger partial charge in [0.2, 0.25) is 5.91 Å². The first-order valence-corrected chi connectivity index (χ1v) is 8.28. The van der Waals surface area contributed by atoms with Gasteiger partial charge in [0.15, 0.2) is 0 Å². The Bertz CT molecular complexity index is 927. The number of rotatable bonds is 6. The molecule has 0 fully saturated rings. The zero-order chi connectivity index (χ0) is 20.0. The van der Waals surface area contributed by atoms with Gasteiger partial charge in [-0.3, -0.25) is 19.7 Å². The Morgan fingerprint density at radius 3 is 2.59 bits per heavy atom. The number of hydrazone groups is 1. The van der Waals surface area contributed by atoms with Crippen molar-refractivity contribution in [1.29, 1.82) is 0 Å². The van der Waals surface area contributed by atoms with Gasteiger partial charge in [0.1, 0.15) is 5.02 Å². The minimum Gasteiger partial charge on any atom is -0.326 e. The van der Waals surface area contributed by atoms with E-state index in [2.05, 4.69) is 15.8 Å². The van der Waals surface area contributed by atoms with Crippen LogP contribution in [0.3, 0.4) is 0 Å². The van der Waals surface area contributed by atoms with Gasteiger partial charge in [0, 0.05) is 23.0 Å². The fourth-order valence-corrected chi connectivity index (χ4v) is 2.46. The van der Waals surface area contributed by atoms with E-state index in [0.29, 0.717) is 11.4 Å². The average molecular weight is 389 g/mol. The van der Waals surface area contributed by atoms with Gasteiger partial charge >= 0.3 is 0 Å². The Morgan fingerprint density at radius 2 is 1.96 bits per heavy atom. The van der Waals surface area contributed by atoms with E-state index in [9.17, 15) is 19.7 Å². The third-order valence-corrected chi connectivity index (χ3v) is 3.78. The summed E-state index contributed by atoms with van der Waals surface area (Å²) in [5.41, 5.74) is 4.21. The first-order chi connectivity index (χ1) is 12.8. The number of hydrogen-bond donors (Lipinski definition) is 2. The number of nitrogens with one attached hydrogen (secondary N) is 2. The summed E-state index contributed by atoms with van der Waals surface area (Å²) in [6, 6.07) is 11.0. The van der Waals surface area contributed by atoms with E-state index in [1.54, 1.807) is 13.0 Å². The Hall–Kier alpha value is -3.26. The highest BCUT2D eigenvalue weighted by Gasteiger charge is 2.15. The van der Waals surface area contributed by atoms with Gasteiger partial charge in [-0.2, -0.15) is 5.10 Å². The molecule has 140 valence electrons. The van der Waals surface area contributed by atoms with Gasteiger partial charge in [-0.05, 0) is 43.7 Å². The molecule has 2 amide bonds. The molecule has 0 aliphatic heterocycles. The predicted octanol–water partition coefficient (Wildman–Crippen LogP) is 3.69. The number of carbonyl (C=O) groups is 2. The van der Waals surface area contributed by atoms with Crippen molar-refractivity contribution in [2.24, 2.45) is 5.10 Å². The fourth-order valence-electron chi connectivity index (χ4n) is 2.21. The molecule has 2 aromatic rings. The molecule has 0 saturated carbocycles. The zero-order valence-electron chi connectivity index (χ0n) is 14.7. The maximum absolute atomic E-state index is 12.0. The van der Waals surface area contributed by atoms with E-state index in [1.807, 2.05) is 25.1 Å². The van der Waals surface area contributed by atoms with Crippen LogP contribution in [-0.4, -0.2) is 22.4 Å². The molecule has 0 aliphatic rings. The van der Waals surface area contributed by atoms with Crippen molar-refractivity contribution >= 4 is 40.5 Å². The summed E-state index contributed by atoms with van der Waals surface area (Å²) in [6.07, 6.45) is -0.00472. The number of amides is 2. The monoisotopic (exact) mass is 388 g/mol. The van der Waals surface area contributed by atoms with Crippen LogP contribution in [0.5, 0.6) is 0 Å². The van der Waals surface area contributed by atoms with Crippen LogP contribution < -0.4 is 10.7 Å². The summed E-state index contributed by atoms with van der Waals surface area (Å²) < 4.78 is 0. The molecule has 0 aliphatic carbocycles. The van der Waals surface area contributed by atoms with E-state index in [-0.39, 0.29) is 28.6 Å². The van der Waals surface area contributed by atoms with Gasteiger partial charge in [0.25, 0.3) is 11.6 Å². The van der Waals surface area contributed by atoms with E-state index in [0.717, 1.165) is 11.6 Å². The Morgan fingerprint density at radius 1 is 1.22 bits per heavy atom. The average Bonchev–Trinajstić information content (AvgIpc) is 2.59.